The molecule has 0 bridgehead atoms. The number of hydrogen-bond acceptors (Lipinski definition) is 3. The smallest absolute Gasteiger partial charge is 0.326 e. The van der Waals surface area contributed by atoms with Gasteiger partial charge in [-0.2, -0.15) is 0 Å². The molecule has 4 heteroatoms. The fraction of sp³-hybridized carbons (Fsp3) is 0.778. The highest BCUT2D eigenvalue weighted by molar-refractivity contribution is 5.90. The Morgan fingerprint density at radius 3 is 2.38 bits per heavy atom. The SMILES string of the molecule is CN1CC(=O)O[C@@H](C(C)(C)C)C1=O. The Morgan fingerprint density at radius 1 is 1.38 bits per heavy atom. The Balaban J connectivity index is 2.84. The van der Waals surface area contributed by atoms with Gasteiger partial charge in [0.25, 0.3) is 5.91 Å². The van der Waals surface area contributed by atoms with Gasteiger partial charge in [-0.1, -0.05) is 20.8 Å². The van der Waals surface area contributed by atoms with Gasteiger partial charge in [0.1, 0.15) is 6.54 Å². The molecular formula is C9H15NO3. The van der Waals surface area contributed by atoms with Crippen LogP contribution in [0.15, 0.2) is 0 Å². The van der Waals surface area contributed by atoms with Crippen LogP contribution in [-0.4, -0.2) is 36.5 Å². The second kappa shape index (κ2) is 3.01. The second-order valence-electron chi connectivity index (χ2n) is 4.43. The van der Waals surface area contributed by atoms with E-state index in [1.54, 1.807) is 7.05 Å². The molecule has 0 spiro atoms. The average Bonchev–Trinajstić information content (AvgIpc) is 1.94. The summed E-state index contributed by atoms with van der Waals surface area (Å²) in [5, 5.41) is 0. The predicted octanol–water partition coefficient (Wildman–Crippen LogP) is 0.416. The van der Waals surface area contributed by atoms with E-state index in [0.717, 1.165) is 0 Å². The van der Waals surface area contributed by atoms with Gasteiger partial charge in [-0.15, -0.1) is 0 Å². The van der Waals surface area contributed by atoms with Crippen LogP contribution in [0.3, 0.4) is 0 Å². The number of amides is 1. The van der Waals surface area contributed by atoms with E-state index < -0.39 is 6.10 Å². The number of esters is 1. The van der Waals surface area contributed by atoms with Crippen LogP contribution in [-0.2, 0) is 14.3 Å². The Bertz CT molecular complexity index is 242. The maximum atomic E-state index is 11.6. The number of likely N-dealkylation sites (N-methyl/N-ethyl adjacent to an activating group) is 1. The molecule has 0 aromatic rings. The molecule has 0 aliphatic carbocycles. The van der Waals surface area contributed by atoms with Crippen molar-refractivity contribution >= 4 is 11.9 Å². The van der Waals surface area contributed by atoms with Gasteiger partial charge in [0, 0.05) is 12.5 Å². The minimum Gasteiger partial charge on any atom is -0.450 e. The molecule has 0 unspecified atom stereocenters. The van der Waals surface area contributed by atoms with Crippen molar-refractivity contribution in [1.29, 1.82) is 0 Å². The number of nitrogens with zero attached hydrogens (tertiary/aromatic N) is 1. The molecule has 1 saturated heterocycles. The van der Waals surface area contributed by atoms with Gasteiger partial charge in [0.2, 0.25) is 0 Å². The number of carbonyl (C=O) groups is 2. The van der Waals surface area contributed by atoms with E-state index in [9.17, 15) is 9.59 Å². The van der Waals surface area contributed by atoms with E-state index in [1.807, 2.05) is 20.8 Å². The molecule has 1 aliphatic heterocycles. The van der Waals surface area contributed by atoms with Gasteiger partial charge in [-0.25, -0.2) is 0 Å². The highest BCUT2D eigenvalue weighted by Crippen LogP contribution is 2.26. The standard InChI is InChI=1S/C9H15NO3/c1-9(2,3)7-8(12)10(4)5-6(11)13-7/h7H,5H2,1-4H3/t7-/m1/s1. The van der Waals surface area contributed by atoms with Crippen molar-refractivity contribution in [3.05, 3.63) is 0 Å². The molecular weight excluding hydrogens is 170 g/mol. The first-order valence-corrected chi connectivity index (χ1v) is 4.27. The van der Waals surface area contributed by atoms with Gasteiger partial charge in [0.15, 0.2) is 6.10 Å². The predicted molar refractivity (Wildman–Crippen MR) is 47.0 cm³/mol. The number of cyclic esters (lactones) is 1. The lowest BCUT2D eigenvalue weighted by atomic mass is 9.87. The van der Waals surface area contributed by atoms with E-state index in [0.29, 0.717) is 0 Å². The molecule has 0 aromatic carbocycles. The summed E-state index contributed by atoms with van der Waals surface area (Å²) >= 11 is 0. The summed E-state index contributed by atoms with van der Waals surface area (Å²) in [5.41, 5.74) is -0.332. The van der Waals surface area contributed by atoms with Crippen LogP contribution in [0, 0.1) is 5.41 Å². The van der Waals surface area contributed by atoms with Crippen LogP contribution in [0.25, 0.3) is 0 Å². The molecule has 1 heterocycles. The molecule has 0 saturated carbocycles. The molecule has 0 aromatic heterocycles. The number of ether oxygens (including phenoxy) is 1. The number of rotatable bonds is 0. The number of carbonyl (C=O) groups excluding carboxylic acids is 2. The lowest BCUT2D eigenvalue weighted by Crippen LogP contribution is -2.53. The summed E-state index contributed by atoms with van der Waals surface area (Å²) in [6.45, 7) is 5.69. The van der Waals surface area contributed by atoms with E-state index in [1.165, 1.54) is 4.90 Å². The van der Waals surface area contributed by atoms with Crippen LogP contribution in [0.2, 0.25) is 0 Å². The lowest BCUT2D eigenvalue weighted by Gasteiger charge is -2.35. The Hall–Kier alpha value is -1.06. The van der Waals surface area contributed by atoms with Crippen LogP contribution >= 0.6 is 0 Å². The minimum atomic E-state index is -0.640. The van der Waals surface area contributed by atoms with Gasteiger partial charge >= 0.3 is 5.97 Å². The van der Waals surface area contributed by atoms with Crippen LogP contribution in [0.5, 0.6) is 0 Å². The molecule has 1 amide bonds. The zero-order chi connectivity index (χ0) is 10.2. The molecule has 13 heavy (non-hydrogen) atoms. The van der Waals surface area contributed by atoms with Gasteiger partial charge in [-0.05, 0) is 0 Å². The summed E-state index contributed by atoms with van der Waals surface area (Å²) in [4.78, 5) is 24.0. The Labute approximate surface area is 77.8 Å². The molecule has 74 valence electrons. The van der Waals surface area contributed by atoms with Crippen molar-refractivity contribution in [2.45, 2.75) is 26.9 Å². The fourth-order valence-electron chi connectivity index (χ4n) is 1.24. The van der Waals surface area contributed by atoms with Crippen molar-refractivity contribution in [3.8, 4) is 0 Å². The topological polar surface area (TPSA) is 46.6 Å². The normalized spacial score (nSPS) is 24.6. The zero-order valence-corrected chi connectivity index (χ0v) is 8.46. The van der Waals surface area contributed by atoms with Crippen molar-refractivity contribution in [2.75, 3.05) is 13.6 Å². The summed E-state index contributed by atoms with van der Waals surface area (Å²) in [6.07, 6.45) is -0.640. The summed E-state index contributed by atoms with van der Waals surface area (Å²) in [6, 6.07) is 0. The third kappa shape index (κ3) is 1.99. The first kappa shape index (κ1) is 10.0. The van der Waals surface area contributed by atoms with E-state index >= 15 is 0 Å². The first-order valence-electron chi connectivity index (χ1n) is 4.27. The largest absolute Gasteiger partial charge is 0.450 e. The molecule has 1 rings (SSSR count). The van der Waals surface area contributed by atoms with Crippen molar-refractivity contribution in [2.24, 2.45) is 5.41 Å². The third-order valence-electron chi connectivity index (χ3n) is 2.00. The molecule has 1 aliphatic rings. The molecule has 0 radical (unpaired) electrons. The monoisotopic (exact) mass is 185 g/mol. The second-order valence-corrected chi connectivity index (χ2v) is 4.43. The summed E-state index contributed by atoms with van der Waals surface area (Å²) in [7, 11) is 1.61. The molecule has 1 fully saturated rings. The molecule has 4 nitrogen and oxygen atoms in total. The number of hydrogen-bond donors (Lipinski definition) is 0. The molecule has 0 N–H and O–H groups in total. The quantitative estimate of drug-likeness (QED) is 0.514. The zero-order valence-electron chi connectivity index (χ0n) is 8.46. The van der Waals surface area contributed by atoms with E-state index in [-0.39, 0.29) is 23.8 Å². The van der Waals surface area contributed by atoms with Gasteiger partial charge < -0.3 is 9.64 Å². The van der Waals surface area contributed by atoms with Gasteiger partial charge in [0.05, 0.1) is 0 Å². The van der Waals surface area contributed by atoms with Crippen molar-refractivity contribution < 1.29 is 14.3 Å². The summed E-state index contributed by atoms with van der Waals surface area (Å²) in [5.74, 6) is -0.450. The van der Waals surface area contributed by atoms with Crippen molar-refractivity contribution in [3.63, 3.8) is 0 Å². The Kier molecular flexibility index (Phi) is 2.32. The van der Waals surface area contributed by atoms with E-state index in [4.69, 9.17) is 4.74 Å². The third-order valence-corrected chi connectivity index (χ3v) is 2.00. The van der Waals surface area contributed by atoms with Crippen LogP contribution in [0.1, 0.15) is 20.8 Å². The van der Waals surface area contributed by atoms with Gasteiger partial charge in [-0.3, -0.25) is 9.59 Å². The number of morpholine rings is 1. The first-order chi connectivity index (χ1) is 5.82. The average molecular weight is 185 g/mol. The molecule has 1 atom stereocenters. The summed E-state index contributed by atoms with van der Waals surface area (Å²) < 4.78 is 5.00. The highest BCUT2D eigenvalue weighted by Gasteiger charge is 2.40. The highest BCUT2D eigenvalue weighted by atomic mass is 16.6. The fourth-order valence-corrected chi connectivity index (χ4v) is 1.24. The van der Waals surface area contributed by atoms with E-state index in [2.05, 4.69) is 0 Å². The minimum absolute atomic E-state index is 0.0609. The maximum Gasteiger partial charge on any atom is 0.326 e. The lowest BCUT2D eigenvalue weighted by molar-refractivity contribution is -0.177. The van der Waals surface area contributed by atoms with Crippen LogP contribution in [0.4, 0.5) is 0 Å². The Morgan fingerprint density at radius 2 is 1.92 bits per heavy atom. The van der Waals surface area contributed by atoms with Crippen LogP contribution < -0.4 is 0 Å². The maximum absolute atomic E-state index is 11.6. The van der Waals surface area contributed by atoms with Crippen molar-refractivity contribution in [1.82, 2.24) is 4.90 Å².